The first-order valence-corrected chi connectivity index (χ1v) is 4.54. The van der Waals surface area contributed by atoms with Gasteiger partial charge in [0.2, 0.25) is 0 Å². The Bertz CT molecular complexity index is 399. The fraction of sp³-hybridized carbons (Fsp3) is 0.364. The molecule has 0 amide bonds. The average Bonchev–Trinajstić information content (AvgIpc) is 2.14. The molecule has 1 aliphatic heterocycles. The third kappa shape index (κ3) is 1.75. The normalized spacial score (nSPS) is 17.9. The van der Waals surface area contributed by atoms with Gasteiger partial charge >= 0.3 is 0 Å². The monoisotopic (exact) mass is 190 g/mol. The van der Waals surface area contributed by atoms with Crippen molar-refractivity contribution in [2.24, 2.45) is 0 Å². The quantitative estimate of drug-likeness (QED) is 0.619. The molecule has 0 unspecified atom stereocenters. The van der Waals surface area contributed by atoms with Gasteiger partial charge in [-0.05, 0) is 24.5 Å². The molecule has 3 heteroatoms. The highest BCUT2D eigenvalue weighted by molar-refractivity contribution is 5.37. The fourth-order valence-electron chi connectivity index (χ4n) is 1.22. The molecule has 2 rings (SSSR count). The summed E-state index contributed by atoms with van der Waals surface area (Å²) in [4.78, 5) is 4.08. The van der Waals surface area contributed by atoms with E-state index in [4.69, 9.17) is 0 Å². The second kappa shape index (κ2) is 3.39. The number of aromatic nitrogens is 1. The number of hydrogen-bond donors (Lipinski definition) is 1. The molecule has 1 aromatic heterocycles. The zero-order valence-corrected chi connectivity index (χ0v) is 7.97. The number of alkyl halides is 1. The van der Waals surface area contributed by atoms with E-state index in [1.165, 1.54) is 0 Å². The smallest absolute Gasteiger partial charge is 0.195 e. The highest BCUT2D eigenvalue weighted by Gasteiger charge is 2.34. The van der Waals surface area contributed by atoms with Gasteiger partial charge in [0.15, 0.2) is 5.67 Å². The van der Waals surface area contributed by atoms with E-state index in [-0.39, 0.29) is 0 Å². The first kappa shape index (κ1) is 9.17. The zero-order valence-electron chi connectivity index (χ0n) is 7.97. The van der Waals surface area contributed by atoms with Gasteiger partial charge in [0.25, 0.3) is 0 Å². The van der Waals surface area contributed by atoms with E-state index in [0.29, 0.717) is 18.8 Å². The van der Waals surface area contributed by atoms with Crippen molar-refractivity contribution in [1.29, 1.82) is 0 Å². The maximum Gasteiger partial charge on any atom is 0.195 e. The predicted octanol–water partition coefficient (Wildman–Crippen LogP) is 1.05. The molecule has 0 saturated carbocycles. The van der Waals surface area contributed by atoms with Crippen LogP contribution in [0.25, 0.3) is 0 Å². The van der Waals surface area contributed by atoms with Crippen LogP contribution in [0.2, 0.25) is 0 Å². The summed E-state index contributed by atoms with van der Waals surface area (Å²) < 4.78 is 13.5. The van der Waals surface area contributed by atoms with E-state index in [1.807, 2.05) is 19.1 Å². The van der Waals surface area contributed by atoms with Crippen LogP contribution in [0.1, 0.15) is 11.3 Å². The molecular weight excluding hydrogens is 179 g/mol. The van der Waals surface area contributed by atoms with Crippen LogP contribution in [-0.2, 0) is 0 Å². The van der Waals surface area contributed by atoms with Gasteiger partial charge in [0, 0.05) is 19.3 Å². The Morgan fingerprint density at radius 2 is 2.36 bits per heavy atom. The van der Waals surface area contributed by atoms with E-state index in [1.54, 1.807) is 6.20 Å². The van der Waals surface area contributed by atoms with Gasteiger partial charge in [0.1, 0.15) is 5.69 Å². The summed E-state index contributed by atoms with van der Waals surface area (Å²) in [5.74, 6) is 5.39. The lowest BCUT2D eigenvalue weighted by Gasteiger charge is -2.29. The molecule has 0 bridgehead atoms. The maximum atomic E-state index is 13.5. The number of pyridine rings is 1. The van der Waals surface area contributed by atoms with E-state index in [0.717, 1.165) is 5.56 Å². The molecule has 0 atom stereocenters. The van der Waals surface area contributed by atoms with Gasteiger partial charge in [-0.15, -0.1) is 0 Å². The molecule has 0 radical (unpaired) electrons. The van der Waals surface area contributed by atoms with Crippen molar-refractivity contribution >= 4 is 0 Å². The van der Waals surface area contributed by atoms with E-state index >= 15 is 0 Å². The minimum absolute atomic E-state index is 0.325. The molecule has 1 aromatic rings. The highest BCUT2D eigenvalue weighted by atomic mass is 19.1. The van der Waals surface area contributed by atoms with Crippen molar-refractivity contribution in [3.8, 4) is 11.8 Å². The second-order valence-electron chi connectivity index (χ2n) is 3.49. The Kier molecular flexibility index (Phi) is 2.22. The molecule has 1 N–H and O–H groups in total. The van der Waals surface area contributed by atoms with E-state index in [2.05, 4.69) is 22.1 Å². The van der Waals surface area contributed by atoms with Crippen molar-refractivity contribution in [3.63, 3.8) is 0 Å². The van der Waals surface area contributed by atoms with E-state index in [9.17, 15) is 4.39 Å². The number of nitrogens with one attached hydrogen (secondary N) is 1. The zero-order chi connectivity index (χ0) is 10.0. The first-order valence-electron chi connectivity index (χ1n) is 4.54. The Hall–Kier alpha value is -1.40. The lowest BCUT2D eigenvalue weighted by atomic mass is 10.0. The standard InChI is InChI=1S/C11H11FN2/c1-9-3-2-6-14-10(9)4-5-11(12)7-13-8-11/h2-3,6,13H,7-8H2,1H3. The summed E-state index contributed by atoms with van der Waals surface area (Å²) in [7, 11) is 0. The predicted molar refractivity (Wildman–Crippen MR) is 52.6 cm³/mol. The third-order valence-electron chi connectivity index (χ3n) is 2.22. The summed E-state index contributed by atoms with van der Waals surface area (Å²) in [5, 5.41) is 2.85. The lowest BCUT2D eigenvalue weighted by molar-refractivity contribution is 0.158. The Morgan fingerprint density at radius 3 is 2.93 bits per heavy atom. The molecule has 1 saturated heterocycles. The Labute approximate surface area is 82.5 Å². The average molecular weight is 190 g/mol. The molecule has 0 aromatic carbocycles. The minimum Gasteiger partial charge on any atom is -0.308 e. The van der Waals surface area contributed by atoms with Crippen molar-refractivity contribution in [1.82, 2.24) is 10.3 Å². The third-order valence-corrected chi connectivity index (χ3v) is 2.22. The number of hydrogen-bond acceptors (Lipinski definition) is 2. The Balaban J connectivity index is 2.21. The van der Waals surface area contributed by atoms with Gasteiger partial charge < -0.3 is 5.32 Å². The summed E-state index contributed by atoms with van der Waals surface area (Å²) in [6.45, 7) is 2.57. The molecule has 1 aliphatic rings. The number of nitrogens with zero attached hydrogens (tertiary/aromatic N) is 1. The molecule has 72 valence electrons. The van der Waals surface area contributed by atoms with Crippen LogP contribution in [0.4, 0.5) is 4.39 Å². The maximum absolute atomic E-state index is 13.5. The highest BCUT2D eigenvalue weighted by Crippen LogP contribution is 2.14. The van der Waals surface area contributed by atoms with Crippen LogP contribution in [-0.4, -0.2) is 23.7 Å². The van der Waals surface area contributed by atoms with Crippen LogP contribution >= 0.6 is 0 Å². The number of rotatable bonds is 0. The van der Waals surface area contributed by atoms with Crippen molar-refractivity contribution in [2.45, 2.75) is 12.6 Å². The van der Waals surface area contributed by atoms with E-state index < -0.39 is 5.67 Å². The molecule has 2 nitrogen and oxygen atoms in total. The van der Waals surface area contributed by atoms with Crippen molar-refractivity contribution < 1.29 is 4.39 Å². The lowest BCUT2D eigenvalue weighted by Crippen LogP contribution is -2.55. The van der Waals surface area contributed by atoms with Gasteiger partial charge in [-0.3, -0.25) is 0 Å². The summed E-state index contributed by atoms with van der Waals surface area (Å²) in [6.07, 6.45) is 1.67. The molecule has 1 fully saturated rings. The largest absolute Gasteiger partial charge is 0.308 e. The summed E-state index contributed by atoms with van der Waals surface area (Å²) >= 11 is 0. The number of aryl methyl sites for hydroxylation is 1. The van der Waals surface area contributed by atoms with Gasteiger partial charge in [-0.2, -0.15) is 0 Å². The van der Waals surface area contributed by atoms with Gasteiger partial charge in [-0.1, -0.05) is 12.0 Å². The summed E-state index contributed by atoms with van der Waals surface area (Å²) in [5.41, 5.74) is 0.302. The topological polar surface area (TPSA) is 24.9 Å². The Morgan fingerprint density at radius 1 is 1.57 bits per heavy atom. The van der Waals surface area contributed by atoms with Crippen molar-refractivity contribution in [3.05, 3.63) is 29.6 Å². The summed E-state index contributed by atoms with van der Waals surface area (Å²) in [6, 6.07) is 3.76. The molecule has 14 heavy (non-hydrogen) atoms. The molecule has 0 aliphatic carbocycles. The first-order chi connectivity index (χ1) is 6.70. The van der Waals surface area contributed by atoms with Crippen LogP contribution in [0, 0.1) is 18.8 Å². The van der Waals surface area contributed by atoms with Gasteiger partial charge in [0.05, 0.1) is 0 Å². The fourth-order valence-corrected chi connectivity index (χ4v) is 1.22. The molecule has 0 spiro atoms. The molecule has 2 heterocycles. The van der Waals surface area contributed by atoms with Crippen LogP contribution in [0.15, 0.2) is 18.3 Å². The SMILES string of the molecule is Cc1cccnc1C#CC1(F)CNC1. The minimum atomic E-state index is -1.34. The molecular formula is C11H11FN2. The van der Waals surface area contributed by atoms with Crippen LogP contribution in [0.5, 0.6) is 0 Å². The second-order valence-corrected chi connectivity index (χ2v) is 3.49. The van der Waals surface area contributed by atoms with Crippen molar-refractivity contribution in [2.75, 3.05) is 13.1 Å². The van der Waals surface area contributed by atoms with Crippen LogP contribution < -0.4 is 5.32 Å². The van der Waals surface area contributed by atoms with Gasteiger partial charge in [-0.25, -0.2) is 9.37 Å². The number of halogens is 1. The van der Waals surface area contributed by atoms with Crippen LogP contribution in [0.3, 0.4) is 0 Å².